The third-order valence-corrected chi connectivity index (χ3v) is 5.47. The number of allylic oxidation sites excluding steroid dienone is 3. The van der Waals surface area contributed by atoms with Gasteiger partial charge in [0.05, 0.1) is 0 Å². The molecule has 4 rings (SSSR count). The van der Waals surface area contributed by atoms with Crippen LogP contribution in [-0.4, -0.2) is 6.04 Å². The van der Waals surface area contributed by atoms with Crippen LogP contribution in [0.5, 0.6) is 0 Å². The van der Waals surface area contributed by atoms with Crippen LogP contribution in [0.2, 0.25) is 0 Å². The average Bonchev–Trinajstić information content (AvgIpc) is 2.86. The number of hydrogen-bond acceptors (Lipinski definition) is 2. The van der Waals surface area contributed by atoms with Gasteiger partial charge in [0.2, 0.25) is 0 Å². The van der Waals surface area contributed by atoms with Crippen LogP contribution >= 0.6 is 11.3 Å². The molecule has 20 heavy (non-hydrogen) atoms. The van der Waals surface area contributed by atoms with Crippen molar-refractivity contribution in [3.8, 4) is 0 Å². The van der Waals surface area contributed by atoms with Gasteiger partial charge in [-0.25, -0.2) is 0 Å². The maximum Gasteiger partial charge on any atom is 0.0374 e. The van der Waals surface area contributed by atoms with Gasteiger partial charge in [0.25, 0.3) is 0 Å². The highest BCUT2D eigenvalue weighted by molar-refractivity contribution is 7.19. The fourth-order valence-corrected chi connectivity index (χ4v) is 4.60. The van der Waals surface area contributed by atoms with Gasteiger partial charge in [-0.3, -0.25) is 0 Å². The topological polar surface area (TPSA) is 26.0 Å². The van der Waals surface area contributed by atoms with Gasteiger partial charge in [-0.15, -0.1) is 11.3 Å². The first-order valence-electron chi connectivity index (χ1n) is 7.16. The first-order chi connectivity index (χ1) is 9.84. The maximum atomic E-state index is 6.39. The smallest absolute Gasteiger partial charge is 0.0374 e. The molecule has 2 aromatic rings. The molecule has 1 nitrogen and oxygen atoms in total. The molecule has 0 fully saturated rings. The van der Waals surface area contributed by atoms with Crippen molar-refractivity contribution in [3.63, 3.8) is 0 Å². The predicted octanol–water partition coefficient (Wildman–Crippen LogP) is 4.62. The van der Waals surface area contributed by atoms with Gasteiger partial charge in [0.1, 0.15) is 0 Å². The molecule has 1 aromatic heterocycles. The fourth-order valence-electron chi connectivity index (χ4n) is 3.22. The Hall–Kier alpha value is -1.64. The Morgan fingerprint density at radius 3 is 2.85 bits per heavy atom. The van der Waals surface area contributed by atoms with Gasteiger partial charge < -0.3 is 5.73 Å². The van der Waals surface area contributed by atoms with Crippen LogP contribution in [0.1, 0.15) is 29.2 Å². The van der Waals surface area contributed by atoms with E-state index in [1.165, 1.54) is 26.1 Å². The van der Waals surface area contributed by atoms with Crippen LogP contribution in [0.25, 0.3) is 16.2 Å². The minimum atomic E-state index is 0.0876. The lowest BCUT2D eigenvalue weighted by atomic mass is 9.82. The monoisotopic (exact) mass is 279 g/mol. The van der Waals surface area contributed by atoms with E-state index < -0.39 is 0 Å². The molecule has 0 spiro atoms. The van der Waals surface area contributed by atoms with E-state index in [0.717, 1.165) is 12.8 Å². The van der Waals surface area contributed by atoms with E-state index in [4.69, 9.17) is 5.73 Å². The lowest BCUT2D eigenvalue weighted by molar-refractivity contribution is 0.697. The zero-order valence-corrected chi connectivity index (χ0v) is 12.1. The molecule has 0 radical (unpaired) electrons. The van der Waals surface area contributed by atoms with Gasteiger partial charge in [-0.2, -0.15) is 0 Å². The van der Waals surface area contributed by atoms with E-state index in [1.807, 2.05) is 11.3 Å². The van der Waals surface area contributed by atoms with Crippen LogP contribution in [0.15, 0.2) is 54.1 Å². The number of rotatable bonds is 1. The van der Waals surface area contributed by atoms with E-state index in [9.17, 15) is 0 Å². The summed E-state index contributed by atoms with van der Waals surface area (Å²) in [5, 5.41) is 1.36. The molecular weight excluding hydrogens is 262 g/mol. The molecule has 0 aliphatic heterocycles. The van der Waals surface area contributed by atoms with Crippen LogP contribution < -0.4 is 5.73 Å². The number of thiophene rings is 1. The Bertz CT molecular complexity index is 748. The lowest BCUT2D eigenvalue weighted by Crippen LogP contribution is -2.29. The molecule has 2 N–H and O–H groups in total. The first-order valence-corrected chi connectivity index (χ1v) is 7.98. The lowest BCUT2D eigenvalue weighted by Gasteiger charge is -2.27. The third-order valence-electron chi connectivity index (χ3n) is 4.20. The highest BCUT2D eigenvalue weighted by Gasteiger charge is 2.29. The summed E-state index contributed by atoms with van der Waals surface area (Å²) in [6, 6.07) is 8.74. The summed E-state index contributed by atoms with van der Waals surface area (Å²) >= 11 is 1.90. The molecule has 2 aliphatic rings. The van der Waals surface area contributed by atoms with Crippen LogP contribution in [0.3, 0.4) is 0 Å². The van der Waals surface area contributed by atoms with Gasteiger partial charge in [-0.1, -0.05) is 48.6 Å². The summed E-state index contributed by atoms with van der Waals surface area (Å²) < 4.78 is 1.36. The summed E-state index contributed by atoms with van der Waals surface area (Å²) in [6.07, 6.45) is 13.6. The van der Waals surface area contributed by atoms with Crippen molar-refractivity contribution in [2.24, 2.45) is 5.73 Å². The second-order valence-corrected chi connectivity index (χ2v) is 6.56. The molecule has 2 atom stereocenters. The van der Waals surface area contributed by atoms with Gasteiger partial charge in [-0.05, 0) is 35.4 Å². The Kier molecular flexibility index (Phi) is 2.86. The van der Waals surface area contributed by atoms with Crippen LogP contribution in [0, 0.1) is 0 Å². The SMILES string of the molecule is NC1C=Cc2c(sc3ccccc23)C1C1=CCCC=C1. The highest BCUT2D eigenvalue weighted by atomic mass is 32.1. The fraction of sp³-hybridized carbons (Fsp3) is 0.222. The van der Waals surface area contributed by atoms with Crippen molar-refractivity contribution in [1.82, 2.24) is 0 Å². The zero-order chi connectivity index (χ0) is 13.5. The molecule has 0 bridgehead atoms. The summed E-state index contributed by atoms with van der Waals surface area (Å²) in [6.45, 7) is 0. The van der Waals surface area contributed by atoms with Crippen LogP contribution in [-0.2, 0) is 0 Å². The molecule has 2 unspecified atom stereocenters. The number of fused-ring (bicyclic) bond motifs is 3. The van der Waals surface area contributed by atoms with E-state index in [2.05, 4.69) is 54.6 Å². The second-order valence-electron chi connectivity index (χ2n) is 5.47. The van der Waals surface area contributed by atoms with Crippen molar-refractivity contribution in [2.45, 2.75) is 24.8 Å². The summed E-state index contributed by atoms with van der Waals surface area (Å²) in [5.41, 5.74) is 9.15. The van der Waals surface area contributed by atoms with Crippen molar-refractivity contribution < 1.29 is 0 Å². The normalized spacial score (nSPS) is 24.8. The van der Waals surface area contributed by atoms with Gasteiger partial charge in [0.15, 0.2) is 0 Å². The number of nitrogens with two attached hydrogens (primary N) is 1. The third kappa shape index (κ3) is 1.80. The van der Waals surface area contributed by atoms with Crippen LogP contribution in [0.4, 0.5) is 0 Å². The Labute approximate surface area is 123 Å². The van der Waals surface area contributed by atoms with Crippen molar-refractivity contribution in [2.75, 3.05) is 0 Å². The molecular formula is C18H17NS. The molecule has 2 aliphatic carbocycles. The molecule has 1 heterocycles. The summed E-state index contributed by atoms with van der Waals surface area (Å²) in [5.74, 6) is 0.323. The minimum Gasteiger partial charge on any atom is -0.324 e. The minimum absolute atomic E-state index is 0.0876. The summed E-state index contributed by atoms with van der Waals surface area (Å²) in [4.78, 5) is 1.43. The molecule has 0 saturated carbocycles. The van der Waals surface area contributed by atoms with E-state index >= 15 is 0 Å². The molecule has 2 heteroatoms. The molecule has 100 valence electrons. The van der Waals surface area contributed by atoms with Crippen molar-refractivity contribution >= 4 is 27.5 Å². The second kappa shape index (κ2) is 4.72. The Balaban J connectivity index is 1.92. The zero-order valence-electron chi connectivity index (χ0n) is 11.3. The predicted molar refractivity (Wildman–Crippen MR) is 88.0 cm³/mol. The quantitative estimate of drug-likeness (QED) is 0.810. The average molecular weight is 279 g/mol. The first kappa shape index (κ1) is 12.1. The van der Waals surface area contributed by atoms with Crippen molar-refractivity contribution in [3.05, 3.63) is 64.6 Å². The Morgan fingerprint density at radius 2 is 2.00 bits per heavy atom. The van der Waals surface area contributed by atoms with Gasteiger partial charge in [0, 0.05) is 21.5 Å². The van der Waals surface area contributed by atoms with E-state index in [0.29, 0.717) is 5.92 Å². The standard InChI is InChI=1S/C18H17NS/c19-15-11-10-14-13-8-4-5-9-16(13)20-18(14)17(15)12-6-2-1-3-7-12/h2,4-11,15,17H,1,3,19H2. The highest BCUT2D eigenvalue weighted by Crippen LogP contribution is 2.44. The Morgan fingerprint density at radius 1 is 1.10 bits per heavy atom. The molecule has 0 saturated heterocycles. The molecule has 1 aromatic carbocycles. The maximum absolute atomic E-state index is 6.39. The largest absolute Gasteiger partial charge is 0.324 e. The van der Waals surface area contributed by atoms with Gasteiger partial charge >= 0.3 is 0 Å². The summed E-state index contributed by atoms with van der Waals surface area (Å²) in [7, 11) is 0. The van der Waals surface area contributed by atoms with E-state index in [-0.39, 0.29) is 6.04 Å². The van der Waals surface area contributed by atoms with Crippen molar-refractivity contribution in [1.29, 1.82) is 0 Å². The number of benzene rings is 1. The van der Waals surface area contributed by atoms with E-state index in [1.54, 1.807) is 0 Å². The molecule has 0 amide bonds. The number of hydrogen-bond donors (Lipinski definition) is 1.